The molecule has 0 spiro atoms. The Morgan fingerprint density at radius 2 is 2.00 bits per heavy atom. The third kappa shape index (κ3) is 4.93. The highest BCUT2D eigenvalue weighted by atomic mass is 14.9. The molecule has 0 aliphatic carbocycles. The first-order valence-electron chi connectivity index (χ1n) is 5.99. The second-order valence-corrected chi connectivity index (χ2v) is 3.95. The molecule has 0 saturated carbocycles. The summed E-state index contributed by atoms with van der Waals surface area (Å²) in [7, 11) is 0. The van der Waals surface area contributed by atoms with E-state index in [9.17, 15) is 0 Å². The topological polar surface area (TPSA) is 24.9 Å². The lowest BCUT2D eigenvalue weighted by molar-refractivity contribution is 0.468. The van der Waals surface area contributed by atoms with Crippen molar-refractivity contribution in [1.29, 1.82) is 0 Å². The van der Waals surface area contributed by atoms with Crippen LogP contribution in [0.3, 0.4) is 0 Å². The van der Waals surface area contributed by atoms with E-state index in [4.69, 9.17) is 0 Å². The van der Waals surface area contributed by atoms with E-state index in [-0.39, 0.29) is 0 Å². The molecule has 1 atom stereocenters. The highest BCUT2D eigenvalue weighted by Crippen LogP contribution is 2.06. The van der Waals surface area contributed by atoms with Gasteiger partial charge in [0.1, 0.15) is 0 Å². The Morgan fingerprint density at radius 3 is 2.60 bits per heavy atom. The van der Waals surface area contributed by atoms with E-state index in [1.807, 2.05) is 12.4 Å². The van der Waals surface area contributed by atoms with Crippen LogP contribution in [-0.4, -0.2) is 17.6 Å². The minimum Gasteiger partial charge on any atom is -0.314 e. The number of aryl methyl sites for hydroxylation is 1. The number of rotatable bonds is 7. The van der Waals surface area contributed by atoms with E-state index in [1.54, 1.807) is 0 Å². The maximum atomic E-state index is 4.03. The van der Waals surface area contributed by atoms with Gasteiger partial charge in [-0.05, 0) is 49.9 Å². The normalized spacial score (nSPS) is 12.7. The van der Waals surface area contributed by atoms with Gasteiger partial charge in [0.15, 0.2) is 0 Å². The summed E-state index contributed by atoms with van der Waals surface area (Å²) >= 11 is 0. The first kappa shape index (κ1) is 12.2. The summed E-state index contributed by atoms with van der Waals surface area (Å²) in [4.78, 5) is 4.03. The number of aromatic nitrogens is 1. The first-order valence-corrected chi connectivity index (χ1v) is 5.99. The van der Waals surface area contributed by atoms with Crippen LogP contribution in [0, 0.1) is 0 Å². The maximum Gasteiger partial charge on any atom is 0.0270 e. The molecule has 1 aromatic heterocycles. The van der Waals surface area contributed by atoms with Crippen molar-refractivity contribution in [2.75, 3.05) is 6.54 Å². The molecule has 0 fully saturated rings. The van der Waals surface area contributed by atoms with Crippen LogP contribution in [0.1, 0.15) is 38.7 Å². The van der Waals surface area contributed by atoms with Gasteiger partial charge in [-0.2, -0.15) is 0 Å². The Bertz CT molecular complexity index is 246. The molecule has 1 unspecified atom stereocenters. The fraction of sp³-hybridized carbons (Fsp3) is 0.615. The van der Waals surface area contributed by atoms with Crippen LogP contribution in [0.15, 0.2) is 24.5 Å². The van der Waals surface area contributed by atoms with E-state index in [0.717, 1.165) is 13.0 Å². The van der Waals surface area contributed by atoms with Crippen LogP contribution < -0.4 is 5.32 Å². The summed E-state index contributed by atoms with van der Waals surface area (Å²) < 4.78 is 0. The molecule has 1 rings (SSSR count). The Morgan fingerprint density at radius 1 is 1.27 bits per heavy atom. The van der Waals surface area contributed by atoms with Gasteiger partial charge in [-0.3, -0.25) is 4.98 Å². The lowest BCUT2D eigenvalue weighted by Gasteiger charge is -2.16. The Kier molecular flexibility index (Phi) is 6.02. The summed E-state index contributed by atoms with van der Waals surface area (Å²) in [5.41, 5.74) is 1.39. The van der Waals surface area contributed by atoms with Gasteiger partial charge in [-0.1, -0.05) is 13.8 Å². The van der Waals surface area contributed by atoms with Crippen LogP contribution in [0.2, 0.25) is 0 Å². The second kappa shape index (κ2) is 7.41. The van der Waals surface area contributed by atoms with Crippen molar-refractivity contribution < 1.29 is 0 Å². The van der Waals surface area contributed by atoms with E-state index in [0.29, 0.717) is 6.04 Å². The number of pyridine rings is 1. The Balaban J connectivity index is 2.28. The second-order valence-electron chi connectivity index (χ2n) is 3.95. The molecule has 0 radical (unpaired) electrons. The average Bonchev–Trinajstić information content (AvgIpc) is 2.31. The van der Waals surface area contributed by atoms with Gasteiger partial charge >= 0.3 is 0 Å². The van der Waals surface area contributed by atoms with Crippen molar-refractivity contribution in [2.24, 2.45) is 0 Å². The van der Waals surface area contributed by atoms with Gasteiger partial charge in [0.05, 0.1) is 0 Å². The van der Waals surface area contributed by atoms with Gasteiger partial charge in [0.25, 0.3) is 0 Å². The van der Waals surface area contributed by atoms with Crippen LogP contribution in [0.4, 0.5) is 0 Å². The minimum absolute atomic E-state index is 0.665. The van der Waals surface area contributed by atoms with E-state index >= 15 is 0 Å². The number of hydrogen-bond acceptors (Lipinski definition) is 2. The third-order valence-corrected chi connectivity index (χ3v) is 2.71. The van der Waals surface area contributed by atoms with Crippen molar-refractivity contribution in [3.05, 3.63) is 30.1 Å². The molecule has 0 aliphatic rings. The highest BCUT2D eigenvalue weighted by molar-refractivity contribution is 5.09. The van der Waals surface area contributed by atoms with Crippen molar-refractivity contribution >= 4 is 0 Å². The van der Waals surface area contributed by atoms with E-state index < -0.39 is 0 Å². The summed E-state index contributed by atoms with van der Waals surface area (Å²) in [6.07, 6.45) is 8.54. The fourth-order valence-electron chi connectivity index (χ4n) is 1.69. The van der Waals surface area contributed by atoms with Crippen molar-refractivity contribution in [3.63, 3.8) is 0 Å². The summed E-state index contributed by atoms with van der Waals surface area (Å²) in [5.74, 6) is 0. The summed E-state index contributed by atoms with van der Waals surface area (Å²) in [6.45, 7) is 5.59. The minimum atomic E-state index is 0.665. The lowest BCUT2D eigenvalue weighted by atomic mass is 10.0. The Labute approximate surface area is 93.1 Å². The molecule has 2 nitrogen and oxygen atoms in total. The smallest absolute Gasteiger partial charge is 0.0270 e. The Hall–Kier alpha value is -0.890. The van der Waals surface area contributed by atoms with Gasteiger partial charge in [-0.15, -0.1) is 0 Å². The molecule has 1 heterocycles. The molecule has 1 N–H and O–H groups in total. The third-order valence-electron chi connectivity index (χ3n) is 2.71. The summed E-state index contributed by atoms with van der Waals surface area (Å²) in [6, 6.07) is 4.87. The SMILES string of the molecule is CCCNC(CC)CCc1ccncc1. The van der Waals surface area contributed by atoms with Crippen molar-refractivity contribution in [1.82, 2.24) is 10.3 Å². The van der Waals surface area contributed by atoms with Gasteiger partial charge in [-0.25, -0.2) is 0 Å². The molecule has 0 saturated heterocycles. The zero-order chi connectivity index (χ0) is 10.9. The van der Waals surface area contributed by atoms with Crippen molar-refractivity contribution in [3.8, 4) is 0 Å². The molecule has 1 aromatic rings. The van der Waals surface area contributed by atoms with Gasteiger partial charge < -0.3 is 5.32 Å². The average molecular weight is 206 g/mol. The molecule has 2 heteroatoms. The van der Waals surface area contributed by atoms with Gasteiger partial charge in [0.2, 0.25) is 0 Å². The highest BCUT2D eigenvalue weighted by Gasteiger charge is 2.04. The predicted molar refractivity (Wildman–Crippen MR) is 64.9 cm³/mol. The van der Waals surface area contributed by atoms with E-state index in [1.165, 1.54) is 24.8 Å². The van der Waals surface area contributed by atoms with Crippen LogP contribution in [-0.2, 0) is 6.42 Å². The van der Waals surface area contributed by atoms with Crippen LogP contribution >= 0.6 is 0 Å². The fourth-order valence-corrected chi connectivity index (χ4v) is 1.69. The molecule has 0 aromatic carbocycles. The number of hydrogen-bond donors (Lipinski definition) is 1. The zero-order valence-corrected chi connectivity index (χ0v) is 9.87. The number of nitrogens with one attached hydrogen (secondary N) is 1. The molecule has 0 aliphatic heterocycles. The monoisotopic (exact) mass is 206 g/mol. The van der Waals surface area contributed by atoms with Crippen molar-refractivity contribution in [2.45, 2.75) is 45.6 Å². The quantitative estimate of drug-likeness (QED) is 0.742. The van der Waals surface area contributed by atoms with Crippen LogP contribution in [0.25, 0.3) is 0 Å². The predicted octanol–water partition coefficient (Wildman–Crippen LogP) is 2.79. The maximum absolute atomic E-state index is 4.03. The molecular formula is C13H22N2. The molecular weight excluding hydrogens is 184 g/mol. The standard InChI is InChI=1S/C13H22N2/c1-3-9-15-13(4-2)6-5-12-7-10-14-11-8-12/h7-8,10-11,13,15H,3-6,9H2,1-2H3. The summed E-state index contributed by atoms with van der Waals surface area (Å²) in [5, 5.41) is 3.57. The molecule has 15 heavy (non-hydrogen) atoms. The zero-order valence-electron chi connectivity index (χ0n) is 9.87. The van der Waals surface area contributed by atoms with Crippen LogP contribution in [0.5, 0.6) is 0 Å². The lowest BCUT2D eigenvalue weighted by Crippen LogP contribution is -2.29. The first-order chi connectivity index (χ1) is 7.36. The largest absolute Gasteiger partial charge is 0.314 e. The number of nitrogens with zero attached hydrogens (tertiary/aromatic N) is 1. The molecule has 0 bridgehead atoms. The van der Waals surface area contributed by atoms with Gasteiger partial charge in [0, 0.05) is 18.4 Å². The molecule has 0 amide bonds. The van der Waals surface area contributed by atoms with E-state index in [2.05, 4.69) is 36.3 Å². The molecule has 84 valence electrons.